The average molecular weight is 632 g/mol. The third kappa shape index (κ3) is 3.76. The van der Waals surface area contributed by atoms with Gasteiger partial charge in [0.1, 0.15) is 0 Å². The van der Waals surface area contributed by atoms with Gasteiger partial charge in [-0.2, -0.15) is 0 Å². The second kappa shape index (κ2) is 8.46. The van der Waals surface area contributed by atoms with Crippen LogP contribution in [0.15, 0.2) is 72.8 Å². The SMILES string of the molecule is C=C1C[C@@]2(CO[Si](c3ccccc3)(c3ccccc3)C(C)(C)C)O[CH-][C@@H]1[C@H]2O.[U]. The zero-order chi connectivity index (χ0) is 20.0. The summed E-state index contributed by atoms with van der Waals surface area (Å²) in [5.74, 6) is -0.0808. The van der Waals surface area contributed by atoms with E-state index in [1.54, 1.807) is 6.61 Å². The zero-order valence-corrected chi connectivity index (χ0v) is 22.6. The van der Waals surface area contributed by atoms with Crippen LogP contribution in [-0.4, -0.2) is 31.7 Å². The molecule has 3 atom stereocenters. The minimum atomic E-state index is -2.65. The van der Waals surface area contributed by atoms with Gasteiger partial charge in [0.15, 0.2) is 0 Å². The van der Waals surface area contributed by atoms with E-state index in [4.69, 9.17) is 9.16 Å². The molecule has 2 aromatic carbocycles. The molecule has 152 valence electrons. The molecule has 0 spiro atoms. The first-order chi connectivity index (χ1) is 13.3. The number of fused-ring (bicyclic) bond motifs is 2. The van der Waals surface area contributed by atoms with Crippen molar-refractivity contribution >= 4 is 18.7 Å². The molecule has 1 saturated heterocycles. The Bertz CT molecular complexity index is 810. The zero-order valence-electron chi connectivity index (χ0n) is 17.4. The van der Waals surface area contributed by atoms with E-state index in [1.807, 2.05) is 12.1 Å². The molecular weight excluding hydrogens is 602 g/mol. The van der Waals surface area contributed by atoms with Gasteiger partial charge < -0.3 is 14.3 Å². The summed E-state index contributed by atoms with van der Waals surface area (Å²) in [5, 5.41) is 13.2. The van der Waals surface area contributed by atoms with Crippen LogP contribution < -0.4 is 10.4 Å². The maximum absolute atomic E-state index is 10.8. The molecule has 29 heavy (non-hydrogen) atoms. The van der Waals surface area contributed by atoms with Crippen LogP contribution in [0.2, 0.25) is 5.04 Å². The van der Waals surface area contributed by atoms with Gasteiger partial charge in [0, 0.05) is 31.1 Å². The van der Waals surface area contributed by atoms with E-state index in [0.29, 0.717) is 13.0 Å². The summed E-state index contributed by atoms with van der Waals surface area (Å²) >= 11 is 0. The van der Waals surface area contributed by atoms with E-state index in [9.17, 15) is 5.11 Å². The molecule has 5 heteroatoms. The number of ether oxygens (including phenoxy) is 1. The van der Waals surface area contributed by atoms with Crippen LogP contribution in [0, 0.1) is 43.6 Å². The van der Waals surface area contributed by atoms with Gasteiger partial charge in [-0.1, -0.05) is 92.9 Å². The Labute approximate surface area is 199 Å². The number of benzene rings is 2. The predicted molar refractivity (Wildman–Crippen MR) is 115 cm³/mol. The number of hydrogen-bond acceptors (Lipinski definition) is 3. The van der Waals surface area contributed by atoms with Crippen molar-refractivity contribution < 1.29 is 45.4 Å². The first-order valence-electron chi connectivity index (χ1n) is 9.92. The molecule has 0 radical (unpaired) electrons. The first-order valence-corrected chi connectivity index (χ1v) is 11.8. The number of rotatable bonds is 5. The van der Waals surface area contributed by atoms with Gasteiger partial charge in [0.25, 0.3) is 8.32 Å². The van der Waals surface area contributed by atoms with Crippen molar-refractivity contribution in [2.24, 2.45) is 5.92 Å². The third-order valence-corrected chi connectivity index (χ3v) is 11.3. The molecule has 2 fully saturated rings. The normalized spacial score (nSPS) is 26.4. The van der Waals surface area contributed by atoms with Crippen LogP contribution in [0.1, 0.15) is 27.2 Å². The molecule has 1 aliphatic heterocycles. The van der Waals surface area contributed by atoms with Crippen LogP contribution >= 0.6 is 0 Å². The van der Waals surface area contributed by atoms with E-state index in [1.165, 1.54) is 10.4 Å². The second-order valence-electron chi connectivity index (χ2n) is 9.08. The van der Waals surface area contributed by atoms with E-state index >= 15 is 0 Å². The number of aliphatic hydroxyl groups is 1. The Hall–Kier alpha value is -0.671. The molecule has 1 saturated carbocycles. The van der Waals surface area contributed by atoms with Crippen LogP contribution in [0.3, 0.4) is 0 Å². The molecular formula is C24H29O3SiU-. The topological polar surface area (TPSA) is 38.7 Å². The van der Waals surface area contributed by atoms with E-state index in [-0.39, 0.29) is 42.1 Å². The maximum atomic E-state index is 10.8. The van der Waals surface area contributed by atoms with Crippen molar-refractivity contribution in [2.45, 2.75) is 43.9 Å². The Balaban J connectivity index is 0.00000240. The Morgan fingerprint density at radius 3 is 2.00 bits per heavy atom. The average Bonchev–Trinajstić information content (AvgIpc) is 3.11. The minimum Gasteiger partial charge on any atom is -0.543 e. The molecule has 3 nitrogen and oxygen atoms in total. The third-order valence-electron chi connectivity index (χ3n) is 6.28. The van der Waals surface area contributed by atoms with Crippen LogP contribution in [0.5, 0.6) is 0 Å². The molecule has 2 bridgehead atoms. The fraction of sp³-hybridized carbons (Fsp3) is 0.375. The molecule has 4 rings (SSSR count). The van der Waals surface area contributed by atoms with E-state index < -0.39 is 20.0 Å². The number of aliphatic hydroxyl groups excluding tert-OH is 1. The van der Waals surface area contributed by atoms with Crippen molar-refractivity contribution in [3.8, 4) is 0 Å². The summed E-state index contributed by atoms with van der Waals surface area (Å²) in [4.78, 5) is 0. The summed E-state index contributed by atoms with van der Waals surface area (Å²) in [7, 11) is -2.65. The van der Waals surface area contributed by atoms with Gasteiger partial charge >= 0.3 is 0 Å². The summed E-state index contributed by atoms with van der Waals surface area (Å²) < 4.78 is 12.9. The van der Waals surface area contributed by atoms with Crippen LogP contribution in [-0.2, 0) is 9.16 Å². The Morgan fingerprint density at radius 1 is 1.10 bits per heavy atom. The second-order valence-corrected chi connectivity index (χ2v) is 13.4. The predicted octanol–water partition coefficient (Wildman–Crippen LogP) is 3.43. The van der Waals surface area contributed by atoms with Crippen molar-refractivity contribution in [1.82, 2.24) is 0 Å². The molecule has 1 N–H and O–H groups in total. The van der Waals surface area contributed by atoms with Crippen molar-refractivity contribution in [2.75, 3.05) is 6.61 Å². The monoisotopic (exact) mass is 631 g/mol. The summed E-state index contributed by atoms with van der Waals surface area (Å²) in [6.07, 6.45) is 0.0614. The van der Waals surface area contributed by atoms with Gasteiger partial charge in [0.2, 0.25) is 0 Å². The van der Waals surface area contributed by atoms with Gasteiger partial charge in [-0.15, -0.1) is 6.58 Å². The van der Waals surface area contributed by atoms with E-state index in [2.05, 4.69) is 75.9 Å². The first kappa shape index (κ1) is 23.0. The molecule has 0 unspecified atom stereocenters. The molecule has 0 amide bonds. The van der Waals surface area contributed by atoms with Crippen molar-refractivity contribution in [3.63, 3.8) is 0 Å². The van der Waals surface area contributed by atoms with Crippen LogP contribution in [0.4, 0.5) is 0 Å². The maximum Gasteiger partial charge on any atom is 0.261 e. The largest absolute Gasteiger partial charge is 0.543 e. The molecule has 2 aliphatic rings. The molecule has 1 heterocycles. The fourth-order valence-electron chi connectivity index (χ4n) is 4.81. The molecule has 2 aromatic rings. The minimum absolute atomic E-state index is 0. The number of hydrogen-bond donors (Lipinski definition) is 1. The smallest absolute Gasteiger partial charge is 0.261 e. The van der Waals surface area contributed by atoms with Gasteiger partial charge in [-0.05, 0) is 21.8 Å². The standard InChI is InChI=1S/C24H29O3Si.U/c1-18-15-24(22(25)21(18)16-26-24)17-27-28(23(2,3)4,19-11-7-5-8-12-19)20-13-9-6-10-14-20;/h5-14,16,21-22,25H,1,15,17H2,2-4H3;/q-1;/t21-,22+,24-;/m0./s1. The summed E-state index contributed by atoms with van der Waals surface area (Å²) in [6.45, 7) is 13.0. The van der Waals surface area contributed by atoms with Crippen molar-refractivity contribution in [1.29, 1.82) is 0 Å². The Kier molecular flexibility index (Phi) is 6.71. The van der Waals surface area contributed by atoms with Gasteiger partial charge in [0.05, 0.1) is 18.3 Å². The van der Waals surface area contributed by atoms with Crippen LogP contribution in [0.25, 0.3) is 0 Å². The quantitative estimate of drug-likeness (QED) is 0.313. The summed E-state index contributed by atoms with van der Waals surface area (Å²) in [6, 6.07) is 21.1. The fourth-order valence-corrected chi connectivity index (χ4v) is 9.43. The van der Waals surface area contributed by atoms with E-state index in [0.717, 1.165) is 5.57 Å². The van der Waals surface area contributed by atoms with Gasteiger partial charge in [-0.3, -0.25) is 0 Å². The van der Waals surface area contributed by atoms with Crippen molar-refractivity contribution in [3.05, 3.63) is 79.4 Å². The Morgan fingerprint density at radius 2 is 1.62 bits per heavy atom. The molecule has 1 aliphatic carbocycles. The van der Waals surface area contributed by atoms with Gasteiger partial charge in [-0.25, -0.2) is 6.61 Å². The summed E-state index contributed by atoms with van der Waals surface area (Å²) in [5.41, 5.74) is 0.319. The molecule has 0 aromatic heterocycles.